The first kappa shape index (κ1) is 12.3. The van der Waals surface area contributed by atoms with E-state index in [0.717, 1.165) is 0 Å². The van der Waals surface area contributed by atoms with Crippen LogP contribution in [0.1, 0.15) is 16.2 Å². The maximum atomic E-state index is 13.1. The van der Waals surface area contributed by atoms with Crippen LogP contribution >= 0.6 is 0 Å². The number of carbonyl (C=O) groups is 1. The first-order valence-corrected chi connectivity index (χ1v) is 6.11. The Morgan fingerprint density at radius 2 is 2.30 bits per heavy atom. The van der Waals surface area contributed by atoms with E-state index in [-0.39, 0.29) is 11.6 Å². The molecule has 0 saturated heterocycles. The molecule has 4 nitrogen and oxygen atoms in total. The van der Waals surface area contributed by atoms with Crippen LogP contribution in [0.5, 0.6) is 0 Å². The van der Waals surface area contributed by atoms with Crippen molar-refractivity contribution in [1.29, 1.82) is 0 Å². The second-order valence-electron chi connectivity index (χ2n) is 4.49. The second-order valence-corrected chi connectivity index (χ2v) is 4.49. The highest BCUT2D eigenvalue weighted by atomic mass is 19.1. The topological polar surface area (TPSA) is 50.7 Å². The lowest BCUT2D eigenvalue weighted by Gasteiger charge is -1.95. The summed E-state index contributed by atoms with van der Waals surface area (Å²) >= 11 is 0. The molecule has 0 aliphatic heterocycles. The van der Waals surface area contributed by atoms with Crippen LogP contribution in [-0.4, -0.2) is 20.3 Å². The molecule has 0 bridgehead atoms. The maximum absolute atomic E-state index is 13.1. The van der Waals surface area contributed by atoms with Gasteiger partial charge in [-0.25, -0.2) is 9.37 Å². The van der Waals surface area contributed by atoms with Crippen molar-refractivity contribution in [1.82, 2.24) is 14.5 Å². The number of aromatic amines is 1. The lowest BCUT2D eigenvalue weighted by molar-refractivity contribution is 0.104. The lowest BCUT2D eigenvalue weighted by Crippen LogP contribution is -1.94. The number of fused-ring (bicyclic) bond motifs is 1. The zero-order chi connectivity index (χ0) is 14.1. The van der Waals surface area contributed by atoms with Crippen LogP contribution in [0.3, 0.4) is 0 Å². The fraction of sp³-hybridized carbons (Fsp3) is 0.0667. The number of aryl methyl sites for hydroxylation is 1. The Morgan fingerprint density at radius 1 is 1.45 bits per heavy atom. The number of imidazole rings is 1. The van der Waals surface area contributed by atoms with E-state index in [1.54, 1.807) is 30.7 Å². The Morgan fingerprint density at radius 3 is 3.05 bits per heavy atom. The zero-order valence-corrected chi connectivity index (χ0v) is 10.8. The molecule has 0 amide bonds. The minimum Gasteiger partial charge on any atom is -0.360 e. The smallest absolute Gasteiger partial charge is 0.188 e. The Balaban J connectivity index is 1.93. The first-order valence-electron chi connectivity index (χ1n) is 6.11. The van der Waals surface area contributed by atoms with E-state index in [0.29, 0.717) is 22.3 Å². The van der Waals surface area contributed by atoms with Gasteiger partial charge in [0.05, 0.1) is 0 Å². The van der Waals surface area contributed by atoms with Gasteiger partial charge in [0.15, 0.2) is 5.78 Å². The number of aromatic nitrogens is 3. The average molecular weight is 269 g/mol. The molecule has 0 aliphatic rings. The molecule has 2 aromatic heterocycles. The van der Waals surface area contributed by atoms with Gasteiger partial charge in [-0.05, 0) is 30.4 Å². The molecule has 3 aromatic rings. The number of nitrogens with zero attached hydrogens (tertiary/aromatic N) is 2. The molecule has 0 fully saturated rings. The number of halogens is 1. The molecular formula is C15H12FN3O. The van der Waals surface area contributed by atoms with E-state index in [9.17, 15) is 9.18 Å². The largest absolute Gasteiger partial charge is 0.360 e. The number of rotatable bonds is 3. The normalized spacial score (nSPS) is 11.5. The summed E-state index contributed by atoms with van der Waals surface area (Å²) in [4.78, 5) is 19.2. The van der Waals surface area contributed by atoms with Gasteiger partial charge < -0.3 is 9.55 Å². The molecule has 0 spiro atoms. The van der Waals surface area contributed by atoms with Crippen LogP contribution in [0.2, 0.25) is 0 Å². The number of hydrogen-bond acceptors (Lipinski definition) is 2. The summed E-state index contributed by atoms with van der Waals surface area (Å²) in [7, 11) is 1.85. The number of nitrogens with one attached hydrogen (secondary N) is 1. The summed E-state index contributed by atoms with van der Waals surface area (Å²) < 4.78 is 14.9. The minimum absolute atomic E-state index is 0.147. The fourth-order valence-corrected chi connectivity index (χ4v) is 2.08. The maximum Gasteiger partial charge on any atom is 0.188 e. The fourth-order valence-electron chi connectivity index (χ4n) is 2.08. The summed E-state index contributed by atoms with van der Waals surface area (Å²) in [6, 6.07) is 4.31. The summed E-state index contributed by atoms with van der Waals surface area (Å²) in [5, 5.41) is 0.709. The van der Waals surface area contributed by atoms with Gasteiger partial charge in [-0.15, -0.1) is 0 Å². The van der Waals surface area contributed by atoms with Crippen LogP contribution < -0.4 is 0 Å². The molecule has 1 aromatic carbocycles. The Bertz CT molecular complexity index is 814. The first-order chi connectivity index (χ1) is 9.65. The Kier molecular flexibility index (Phi) is 2.95. The number of allylic oxidation sites excluding steroid dienone is 1. The van der Waals surface area contributed by atoms with Crippen LogP contribution in [0.15, 0.2) is 42.9 Å². The van der Waals surface area contributed by atoms with Gasteiger partial charge >= 0.3 is 0 Å². The molecule has 20 heavy (non-hydrogen) atoms. The number of carbonyl (C=O) groups excluding carboxylic acids is 1. The molecule has 2 heterocycles. The SMILES string of the molecule is Cn1ccnc1C=CC(=O)c1c[nH]c2cc(F)ccc12. The predicted octanol–water partition coefficient (Wildman–Crippen LogP) is 2.94. The van der Waals surface area contributed by atoms with Crippen LogP contribution in [-0.2, 0) is 7.05 Å². The molecule has 0 aliphatic carbocycles. The van der Waals surface area contributed by atoms with Crippen molar-refractivity contribution in [3.63, 3.8) is 0 Å². The minimum atomic E-state index is -0.332. The molecule has 100 valence electrons. The third kappa shape index (κ3) is 2.14. The van der Waals surface area contributed by atoms with Gasteiger partial charge in [-0.1, -0.05) is 0 Å². The summed E-state index contributed by atoms with van der Waals surface area (Å²) in [5.74, 6) is 0.219. The molecule has 0 unspecified atom stereocenters. The van der Waals surface area contributed by atoms with E-state index >= 15 is 0 Å². The van der Waals surface area contributed by atoms with E-state index in [1.165, 1.54) is 18.2 Å². The van der Waals surface area contributed by atoms with Crippen molar-refractivity contribution in [2.24, 2.45) is 7.05 Å². The van der Waals surface area contributed by atoms with Crippen molar-refractivity contribution in [2.45, 2.75) is 0 Å². The van der Waals surface area contributed by atoms with Gasteiger partial charge in [-0.3, -0.25) is 4.79 Å². The highest BCUT2D eigenvalue weighted by Crippen LogP contribution is 2.20. The molecule has 1 N–H and O–H groups in total. The number of H-pyrrole nitrogens is 1. The molecule has 5 heteroatoms. The standard InChI is InChI=1S/C15H12FN3O/c1-19-7-6-17-15(19)5-4-14(20)12-9-18-13-8-10(16)2-3-11(12)13/h2-9,18H,1H3. The van der Waals surface area contributed by atoms with Crippen LogP contribution in [0, 0.1) is 5.82 Å². The zero-order valence-electron chi connectivity index (χ0n) is 10.8. The number of benzene rings is 1. The molecular weight excluding hydrogens is 257 g/mol. The van der Waals surface area contributed by atoms with Gasteiger partial charge in [0.1, 0.15) is 11.6 Å². The number of hydrogen-bond donors (Lipinski definition) is 1. The third-order valence-corrected chi connectivity index (χ3v) is 3.15. The highest BCUT2D eigenvalue weighted by molar-refractivity contribution is 6.14. The van der Waals surface area contributed by atoms with Crippen molar-refractivity contribution in [2.75, 3.05) is 0 Å². The van der Waals surface area contributed by atoms with Crippen molar-refractivity contribution < 1.29 is 9.18 Å². The highest BCUT2D eigenvalue weighted by Gasteiger charge is 2.10. The predicted molar refractivity (Wildman–Crippen MR) is 74.8 cm³/mol. The van der Waals surface area contributed by atoms with E-state index in [2.05, 4.69) is 9.97 Å². The molecule has 0 saturated carbocycles. The molecule has 3 rings (SSSR count). The van der Waals surface area contributed by atoms with E-state index < -0.39 is 0 Å². The van der Waals surface area contributed by atoms with Crippen LogP contribution in [0.4, 0.5) is 4.39 Å². The Labute approximate surface area is 114 Å². The van der Waals surface area contributed by atoms with Crippen LogP contribution in [0.25, 0.3) is 17.0 Å². The van der Waals surface area contributed by atoms with Gasteiger partial charge in [0.2, 0.25) is 0 Å². The van der Waals surface area contributed by atoms with Gasteiger partial charge in [-0.2, -0.15) is 0 Å². The number of ketones is 1. The second kappa shape index (κ2) is 4.77. The van der Waals surface area contributed by atoms with Crippen molar-refractivity contribution in [3.05, 3.63) is 60.1 Å². The van der Waals surface area contributed by atoms with Gasteiger partial charge in [0, 0.05) is 42.1 Å². The molecule has 0 atom stereocenters. The van der Waals surface area contributed by atoms with E-state index in [4.69, 9.17) is 0 Å². The van der Waals surface area contributed by atoms with Crippen molar-refractivity contribution in [3.8, 4) is 0 Å². The summed E-state index contributed by atoms with van der Waals surface area (Å²) in [6.45, 7) is 0. The van der Waals surface area contributed by atoms with Gasteiger partial charge in [0.25, 0.3) is 0 Å². The third-order valence-electron chi connectivity index (χ3n) is 3.15. The quantitative estimate of drug-likeness (QED) is 0.587. The molecule has 0 radical (unpaired) electrons. The van der Waals surface area contributed by atoms with Crippen molar-refractivity contribution >= 4 is 22.8 Å². The van der Waals surface area contributed by atoms with E-state index in [1.807, 2.05) is 11.6 Å². The monoisotopic (exact) mass is 269 g/mol. The summed E-state index contributed by atoms with van der Waals surface area (Å²) in [6.07, 6.45) is 8.19. The summed E-state index contributed by atoms with van der Waals surface area (Å²) in [5.41, 5.74) is 1.13. The lowest BCUT2D eigenvalue weighted by atomic mass is 10.1. The Hall–Kier alpha value is -2.69. The average Bonchev–Trinajstić information content (AvgIpc) is 3.02.